The fourth-order valence-electron chi connectivity index (χ4n) is 3.19. The average Bonchev–Trinajstić information content (AvgIpc) is 3.03. The molecule has 0 spiro atoms. The van der Waals surface area contributed by atoms with Crippen LogP contribution >= 0.6 is 11.6 Å². The van der Waals surface area contributed by atoms with Crippen molar-refractivity contribution in [2.45, 2.75) is 58.1 Å². The van der Waals surface area contributed by atoms with Crippen LogP contribution in [0.25, 0.3) is 0 Å². The van der Waals surface area contributed by atoms with Crippen LogP contribution in [0.15, 0.2) is 0 Å². The Morgan fingerprint density at radius 3 is 2.87 bits per heavy atom. The number of rotatable bonds is 2. The van der Waals surface area contributed by atoms with E-state index in [0.29, 0.717) is 5.28 Å². The number of halogens is 1. The predicted octanol–water partition coefficient (Wildman–Crippen LogP) is 2.72. The molecule has 0 radical (unpaired) electrons. The lowest BCUT2D eigenvalue weighted by Gasteiger charge is -2.23. The van der Waals surface area contributed by atoms with Crippen molar-refractivity contribution in [3.05, 3.63) is 16.5 Å². The first-order valence-electron chi connectivity index (χ1n) is 8.11. The van der Waals surface area contributed by atoms with Crippen LogP contribution < -0.4 is 10.2 Å². The van der Waals surface area contributed by atoms with Crippen LogP contribution in [-0.4, -0.2) is 40.8 Å². The molecule has 7 heteroatoms. The molecule has 1 unspecified atom stereocenters. The lowest BCUT2D eigenvalue weighted by molar-refractivity contribution is 0.0509. The maximum absolute atomic E-state index is 11.9. The first kappa shape index (κ1) is 16.3. The summed E-state index contributed by atoms with van der Waals surface area (Å²) in [4.78, 5) is 22.9. The summed E-state index contributed by atoms with van der Waals surface area (Å²) in [6, 6.07) is 0.0654. The fourth-order valence-corrected chi connectivity index (χ4v) is 3.37. The van der Waals surface area contributed by atoms with Gasteiger partial charge in [-0.1, -0.05) is 0 Å². The molecule has 0 aromatic carbocycles. The van der Waals surface area contributed by atoms with Gasteiger partial charge in [0.15, 0.2) is 0 Å². The molecule has 126 valence electrons. The van der Waals surface area contributed by atoms with Gasteiger partial charge in [0.1, 0.15) is 11.4 Å². The van der Waals surface area contributed by atoms with Gasteiger partial charge in [0.25, 0.3) is 0 Å². The number of amides is 1. The van der Waals surface area contributed by atoms with Crippen LogP contribution in [0.5, 0.6) is 0 Å². The number of nitrogens with zero attached hydrogens (tertiary/aromatic N) is 3. The minimum Gasteiger partial charge on any atom is -0.444 e. The smallest absolute Gasteiger partial charge is 0.407 e. The zero-order valence-corrected chi connectivity index (χ0v) is 14.6. The van der Waals surface area contributed by atoms with Crippen molar-refractivity contribution < 1.29 is 9.53 Å². The van der Waals surface area contributed by atoms with E-state index in [-0.39, 0.29) is 12.1 Å². The largest absolute Gasteiger partial charge is 0.444 e. The van der Waals surface area contributed by atoms with Gasteiger partial charge in [0.2, 0.25) is 5.28 Å². The molecule has 3 rings (SSSR count). The highest BCUT2D eigenvalue weighted by Gasteiger charge is 2.30. The van der Waals surface area contributed by atoms with Gasteiger partial charge in [-0.25, -0.2) is 14.8 Å². The van der Waals surface area contributed by atoms with Gasteiger partial charge in [0, 0.05) is 18.7 Å². The number of alkyl carbamates (subject to hydrolysis) is 1. The van der Waals surface area contributed by atoms with E-state index in [1.807, 2.05) is 20.8 Å². The highest BCUT2D eigenvalue weighted by molar-refractivity contribution is 6.28. The Labute approximate surface area is 141 Å². The number of nitrogens with one attached hydrogen (secondary N) is 1. The SMILES string of the molecule is CC(C)(C)OC(=O)NC1CCN(c2nc(Cl)nc3c2CCC3)C1. The minimum atomic E-state index is -0.483. The van der Waals surface area contributed by atoms with E-state index in [1.165, 1.54) is 5.56 Å². The molecule has 0 saturated carbocycles. The maximum Gasteiger partial charge on any atom is 0.407 e. The number of hydrogen-bond donors (Lipinski definition) is 1. The van der Waals surface area contributed by atoms with E-state index in [1.54, 1.807) is 0 Å². The molecule has 1 fully saturated rings. The molecule has 1 aromatic rings. The lowest BCUT2D eigenvalue weighted by Crippen LogP contribution is -2.40. The summed E-state index contributed by atoms with van der Waals surface area (Å²) in [5.41, 5.74) is 1.81. The number of hydrogen-bond acceptors (Lipinski definition) is 5. The van der Waals surface area contributed by atoms with E-state index in [0.717, 1.165) is 50.3 Å². The second-order valence-corrected chi connectivity index (χ2v) is 7.51. The van der Waals surface area contributed by atoms with Crippen LogP contribution in [0.3, 0.4) is 0 Å². The number of fused-ring (bicyclic) bond motifs is 1. The Kier molecular flexibility index (Phi) is 4.36. The summed E-state index contributed by atoms with van der Waals surface area (Å²) in [5.74, 6) is 0.936. The monoisotopic (exact) mass is 338 g/mol. The maximum atomic E-state index is 11.9. The third-order valence-corrected chi connectivity index (χ3v) is 4.26. The molecule has 1 aromatic heterocycles. The molecule has 2 heterocycles. The Bertz CT molecular complexity index is 615. The van der Waals surface area contributed by atoms with Crippen LogP contribution in [0.2, 0.25) is 5.28 Å². The van der Waals surface area contributed by atoms with E-state index in [2.05, 4.69) is 20.2 Å². The van der Waals surface area contributed by atoms with Crippen LogP contribution in [0.4, 0.5) is 10.6 Å². The first-order chi connectivity index (χ1) is 10.8. The molecule has 1 atom stereocenters. The second-order valence-electron chi connectivity index (χ2n) is 7.17. The zero-order valence-electron chi connectivity index (χ0n) is 13.9. The van der Waals surface area contributed by atoms with Gasteiger partial charge in [-0.05, 0) is 58.1 Å². The molecule has 6 nitrogen and oxygen atoms in total. The Balaban J connectivity index is 1.66. The van der Waals surface area contributed by atoms with Crippen molar-refractivity contribution in [1.29, 1.82) is 0 Å². The molecule has 1 saturated heterocycles. The highest BCUT2D eigenvalue weighted by Crippen LogP contribution is 2.31. The fraction of sp³-hybridized carbons (Fsp3) is 0.688. The highest BCUT2D eigenvalue weighted by atomic mass is 35.5. The minimum absolute atomic E-state index is 0.0654. The zero-order chi connectivity index (χ0) is 16.6. The number of carbonyl (C=O) groups excluding carboxylic acids is 1. The molecule has 1 N–H and O–H groups in total. The summed E-state index contributed by atoms with van der Waals surface area (Å²) < 4.78 is 5.32. The number of anilines is 1. The van der Waals surface area contributed by atoms with Crippen molar-refractivity contribution in [1.82, 2.24) is 15.3 Å². The van der Waals surface area contributed by atoms with E-state index < -0.39 is 5.60 Å². The summed E-state index contributed by atoms with van der Waals surface area (Å²) in [6.07, 6.45) is 3.58. The standard InChI is InChI=1S/C16H23ClN4O2/c1-16(2,3)23-15(22)18-10-7-8-21(9-10)13-11-5-4-6-12(11)19-14(17)20-13/h10H,4-9H2,1-3H3,(H,18,22). The molecule has 23 heavy (non-hydrogen) atoms. The summed E-state index contributed by atoms with van der Waals surface area (Å²) >= 11 is 6.06. The number of carbonyl (C=O) groups is 1. The Morgan fingerprint density at radius 2 is 2.13 bits per heavy atom. The number of aryl methyl sites for hydroxylation is 1. The van der Waals surface area contributed by atoms with Gasteiger partial charge in [-0.2, -0.15) is 0 Å². The third kappa shape index (κ3) is 3.86. The van der Waals surface area contributed by atoms with Gasteiger partial charge in [-0.15, -0.1) is 0 Å². The Hall–Kier alpha value is -1.56. The number of ether oxygens (including phenoxy) is 1. The van der Waals surface area contributed by atoms with Crippen LogP contribution in [0.1, 0.15) is 44.9 Å². The van der Waals surface area contributed by atoms with Crippen molar-refractivity contribution in [2.24, 2.45) is 0 Å². The summed E-state index contributed by atoms with van der Waals surface area (Å²) in [6.45, 7) is 7.15. The normalized spacial score (nSPS) is 20.5. The molecule has 2 aliphatic rings. The molecule has 0 bridgehead atoms. The van der Waals surface area contributed by atoms with Crippen LogP contribution in [0, 0.1) is 0 Å². The average molecular weight is 339 g/mol. The number of aromatic nitrogens is 2. The Morgan fingerprint density at radius 1 is 1.35 bits per heavy atom. The van der Waals surface area contributed by atoms with Crippen LogP contribution in [-0.2, 0) is 17.6 Å². The van der Waals surface area contributed by atoms with Crippen molar-refractivity contribution in [3.63, 3.8) is 0 Å². The van der Waals surface area contributed by atoms with Crippen molar-refractivity contribution in [2.75, 3.05) is 18.0 Å². The summed E-state index contributed by atoms with van der Waals surface area (Å²) in [5, 5.41) is 3.25. The molecule has 1 amide bonds. The molecular weight excluding hydrogens is 316 g/mol. The van der Waals surface area contributed by atoms with E-state index in [4.69, 9.17) is 16.3 Å². The van der Waals surface area contributed by atoms with Gasteiger partial charge < -0.3 is 15.0 Å². The predicted molar refractivity (Wildman–Crippen MR) is 89.1 cm³/mol. The lowest BCUT2D eigenvalue weighted by atomic mass is 10.2. The second kappa shape index (κ2) is 6.15. The van der Waals surface area contributed by atoms with Crippen molar-refractivity contribution >= 4 is 23.5 Å². The topological polar surface area (TPSA) is 67.3 Å². The first-order valence-corrected chi connectivity index (χ1v) is 8.49. The van der Waals surface area contributed by atoms with Gasteiger partial charge >= 0.3 is 6.09 Å². The molecular formula is C16H23ClN4O2. The molecule has 1 aliphatic heterocycles. The van der Waals surface area contributed by atoms with Gasteiger partial charge in [-0.3, -0.25) is 0 Å². The van der Waals surface area contributed by atoms with Gasteiger partial charge in [0.05, 0.1) is 11.7 Å². The van der Waals surface area contributed by atoms with E-state index in [9.17, 15) is 4.79 Å². The summed E-state index contributed by atoms with van der Waals surface area (Å²) in [7, 11) is 0. The van der Waals surface area contributed by atoms with E-state index >= 15 is 0 Å². The molecule has 1 aliphatic carbocycles. The van der Waals surface area contributed by atoms with Crippen molar-refractivity contribution in [3.8, 4) is 0 Å². The third-order valence-electron chi connectivity index (χ3n) is 4.09. The quantitative estimate of drug-likeness (QED) is 0.840.